The first-order valence-corrected chi connectivity index (χ1v) is 11.3. The van der Waals surface area contributed by atoms with Crippen molar-refractivity contribution >= 4 is 11.9 Å². The molecule has 0 spiro atoms. The van der Waals surface area contributed by atoms with Gasteiger partial charge in [-0.25, -0.2) is 4.39 Å². The Hall–Kier alpha value is -1.91. The Morgan fingerprint density at radius 2 is 1.14 bits per heavy atom. The maximum atomic E-state index is 13.6. The van der Waals surface area contributed by atoms with Crippen LogP contribution in [0.4, 0.5) is 4.39 Å². The number of esters is 2. The number of ether oxygens (including phenoxy) is 2. The van der Waals surface area contributed by atoms with Crippen molar-refractivity contribution < 1.29 is 23.5 Å². The van der Waals surface area contributed by atoms with Crippen molar-refractivity contribution in [1.29, 1.82) is 0 Å². The summed E-state index contributed by atoms with van der Waals surface area (Å²) in [5.41, 5.74) is 0. The Morgan fingerprint density at radius 1 is 0.690 bits per heavy atom. The zero-order valence-corrected chi connectivity index (χ0v) is 18.1. The van der Waals surface area contributed by atoms with E-state index in [0.29, 0.717) is 6.42 Å². The van der Waals surface area contributed by atoms with Crippen molar-refractivity contribution in [3.8, 4) is 11.5 Å². The van der Waals surface area contributed by atoms with Gasteiger partial charge in [0, 0.05) is 18.9 Å². The molecule has 164 valence electrons. The Kier molecular flexibility index (Phi) is 13.8. The maximum Gasteiger partial charge on any atom is 0.311 e. The van der Waals surface area contributed by atoms with Gasteiger partial charge in [-0.15, -0.1) is 0 Å². The van der Waals surface area contributed by atoms with Crippen LogP contribution >= 0.6 is 0 Å². The van der Waals surface area contributed by atoms with E-state index in [4.69, 9.17) is 9.47 Å². The highest BCUT2D eigenvalue weighted by atomic mass is 19.1. The number of unbranched alkanes of at least 4 members (excludes halogenated alkanes) is 10. The Labute approximate surface area is 175 Å². The van der Waals surface area contributed by atoms with Crippen LogP contribution < -0.4 is 9.47 Å². The molecule has 0 bridgehead atoms. The van der Waals surface area contributed by atoms with Crippen LogP contribution in [0.25, 0.3) is 0 Å². The van der Waals surface area contributed by atoms with E-state index in [1.54, 1.807) is 0 Å². The van der Waals surface area contributed by atoms with Crippen molar-refractivity contribution in [2.45, 2.75) is 104 Å². The molecule has 1 aromatic carbocycles. The van der Waals surface area contributed by atoms with Gasteiger partial charge in [-0.3, -0.25) is 9.59 Å². The van der Waals surface area contributed by atoms with Gasteiger partial charge in [-0.2, -0.15) is 0 Å². The molecule has 0 radical (unpaired) electrons. The average Bonchev–Trinajstić information content (AvgIpc) is 2.69. The van der Waals surface area contributed by atoms with E-state index in [9.17, 15) is 14.0 Å². The molecule has 0 aliphatic rings. The zero-order valence-electron chi connectivity index (χ0n) is 18.1. The van der Waals surface area contributed by atoms with Crippen LogP contribution in [0.2, 0.25) is 0 Å². The third-order valence-corrected chi connectivity index (χ3v) is 4.82. The van der Waals surface area contributed by atoms with Gasteiger partial charge in [0.2, 0.25) is 0 Å². The monoisotopic (exact) mass is 408 g/mol. The third-order valence-electron chi connectivity index (χ3n) is 4.82. The minimum atomic E-state index is -0.539. The number of benzene rings is 1. The normalized spacial score (nSPS) is 10.7. The predicted molar refractivity (Wildman–Crippen MR) is 114 cm³/mol. The molecule has 0 saturated heterocycles. The molecule has 5 heteroatoms. The fourth-order valence-electron chi connectivity index (χ4n) is 3.09. The van der Waals surface area contributed by atoms with Gasteiger partial charge in [-0.1, -0.05) is 78.1 Å². The maximum absolute atomic E-state index is 13.6. The second-order valence-corrected chi connectivity index (χ2v) is 7.57. The van der Waals surface area contributed by atoms with E-state index in [1.807, 2.05) is 0 Å². The van der Waals surface area contributed by atoms with Gasteiger partial charge in [0.15, 0.2) is 11.5 Å². The van der Waals surface area contributed by atoms with Crippen molar-refractivity contribution in [1.82, 2.24) is 0 Å². The lowest BCUT2D eigenvalue weighted by molar-refractivity contribution is -0.137. The quantitative estimate of drug-likeness (QED) is 0.166. The van der Waals surface area contributed by atoms with Gasteiger partial charge in [0.25, 0.3) is 0 Å². The van der Waals surface area contributed by atoms with Crippen LogP contribution in [0.5, 0.6) is 11.5 Å². The molecule has 0 amide bonds. The van der Waals surface area contributed by atoms with Crippen LogP contribution in [0.3, 0.4) is 0 Å². The summed E-state index contributed by atoms with van der Waals surface area (Å²) in [6.45, 7) is 4.33. The summed E-state index contributed by atoms with van der Waals surface area (Å²) >= 11 is 0. The van der Waals surface area contributed by atoms with E-state index in [-0.39, 0.29) is 23.9 Å². The summed E-state index contributed by atoms with van der Waals surface area (Å²) < 4.78 is 24.2. The molecule has 4 nitrogen and oxygen atoms in total. The fraction of sp³-hybridized carbons (Fsp3) is 0.667. The van der Waals surface area contributed by atoms with E-state index < -0.39 is 11.8 Å². The smallest absolute Gasteiger partial charge is 0.311 e. The molecule has 0 atom stereocenters. The molecule has 0 aliphatic heterocycles. The predicted octanol–water partition coefficient (Wildman–Crippen LogP) is 7.14. The molecule has 1 rings (SSSR count). The summed E-state index contributed by atoms with van der Waals surface area (Å²) in [5.74, 6) is -1.29. The Bertz CT molecular complexity index is 601. The van der Waals surface area contributed by atoms with E-state index >= 15 is 0 Å². The van der Waals surface area contributed by atoms with Crippen LogP contribution in [-0.4, -0.2) is 11.9 Å². The van der Waals surface area contributed by atoms with Crippen LogP contribution in [0.1, 0.15) is 104 Å². The number of carbonyl (C=O) groups is 2. The molecule has 0 aromatic heterocycles. The number of carbonyl (C=O) groups excluding carboxylic acids is 2. The number of hydrogen-bond donors (Lipinski definition) is 0. The van der Waals surface area contributed by atoms with Crippen LogP contribution in [0, 0.1) is 5.82 Å². The van der Waals surface area contributed by atoms with E-state index in [2.05, 4.69) is 13.8 Å². The standard InChI is InChI=1S/C24H37FO4/c1-3-5-7-9-11-13-15-23(26)28-21-18-17-20(25)19-22(21)29-24(27)16-14-12-10-8-6-4-2/h17-19H,3-16H2,1-2H3. The van der Waals surface area contributed by atoms with Crippen molar-refractivity contribution in [3.63, 3.8) is 0 Å². The first-order valence-electron chi connectivity index (χ1n) is 11.3. The molecule has 0 saturated carbocycles. The molecular weight excluding hydrogens is 371 g/mol. The summed E-state index contributed by atoms with van der Waals surface area (Å²) in [7, 11) is 0. The molecule has 1 aromatic rings. The Balaban J connectivity index is 2.42. The van der Waals surface area contributed by atoms with Crippen molar-refractivity contribution in [2.24, 2.45) is 0 Å². The molecule has 0 fully saturated rings. The second-order valence-electron chi connectivity index (χ2n) is 7.57. The summed E-state index contributed by atoms with van der Waals surface area (Å²) in [4.78, 5) is 24.1. The molecule has 0 heterocycles. The SMILES string of the molecule is CCCCCCCCC(=O)Oc1ccc(F)cc1OC(=O)CCCCCCCC. The third kappa shape index (κ3) is 12.3. The molecule has 0 unspecified atom stereocenters. The topological polar surface area (TPSA) is 52.6 Å². The summed E-state index contributed by atoms with van der Waals surface area (Å²) in [6, 6.07) is 3.62. The first-order chi connectivity index (χ1) is 14.1. The van der Waals surface area contributed by atoms with E-state index in [0.717, 1.165) is 44.6 Å². The zero-order chi connectivity index (χ0) is 21.3. The minimum absolute atomic E-state index is 0.0303. The van der Waals surface area contributed by atoms with Gasteiger partial charge >= 0.3 is 11.9 Å². The summed E-state index contributed by atoms with van der Waals surface area (Å²) in [6.07, 6.45) is 13.4. The van der Waals surface area contributed by atoms with Crippen LogP contribution in [0.15, 0.2) is 18.2 Å². The van der Waals surface area contributed by atoms with Gasteiger partial charge in [-0.05, 0) is 25.0 Å². The highest BCUT2D eigenvalue weighted by Crippen LogP contribution is 2.29. The molecular formula is C24H37FO4. The number of rotatable bonds is 16. The fourth-order valence-corrected chi connectivity index (χ4v) is 3.09. The molecule has 0 aliphatic carbocycles. The highest BCUT2D eigenvalue weighted by molar-refractivity contribution is 5.76. The molecule has 0 N–H and O–H groups in total. The lowest BCUT2D eigenvalue weighted by Gasteiger charge is -2.11. The van der Waals surface area contributed by atoms with Crippen molar-refractivity contribution in [3.05, 3.63) is 24.0 Å². The van der Waals surface area contributed by atoms with Crippen molar-refractivity contribution in [2.75, 3.05) is 0 Å². The largest absolute Gasteiger partial charge is 0.423 e. The highest BCUT2D eigenvalue weighted by Gasteiger charge is 2.15. The van der Waals surface area contributed by atoms with E-state index in [1.165, 1.54) is 50.7 Å². The second kappa shape index (κ2) is 15.9. The van der Waals surface area contributed by atoms with Crippen LogP contribution in [-0.2, 0) is 9.59 Å². The Morgan fingerprint density at radius 3 is 1.66 bits per heavy atom. The average molecular weight is 409 g/mol. The minimum Gasteiger partial charge on any atom is -0.423 e. The number of halogens is 1. The summed E-state index contributed by atoms with van der Waals surface area (Å²) in [5, 5.41) is 0. The van der Waals surface area contributed by atoms with Gasteiger partial charge in [0.05, 0.1) is 0 Å². The van der Waals surface area contributed by atoms with Gasteiger partial charge in [0.1, 0.15) is 5.82 Å². The molecule has 29 heavy (non-hydrogen) atoms. The number of hydrogen-bond acceptors (Lipinski definition) is 4. The lowest BCUT2D eigenvalue weighted by Crippen LogP contribution is -2.12. The first kappa shape index (κ1) is 25.1. The lowest BCUT2D eigenvalue weighted by atomic mass is 10.1. The van der Waals surface area contributed by atoms with Gasteiger partial charge < -0.3 is 9.47 Å².